The van der Waals surface area contributed by atoms with Crippen molar-refractivity contribution in [3.63, 3.8) is 0 Å². The molecule has 0 unspecified atom stereocenters. The molecule has 88 valence electrons. The van der Waals surface area contributed by atoms with Crippen molar-refractivity contribution in [3.8, 4) is 5.75 Å². The highest BCUT2D eigenvalue weighted by atomic mass is 35.5. The molecular weight excluding hydrogens is 245 g/mol. The molecule has 0 bridgehead atoms. The van der Waals surface area contributed by atoms with Crippen LogP contribution in [-0.4, -0.2) is 7.11 Å². The smallest absolute Gasteiger partial charge is 0.142 e. The lowest BCUT2D eigenvalue weighted by atomic mass is 9.88. The van der Waals surface area contributed by atoms with E-state index in [4.69, 9.17) is 33.7 Å². The van der Waals surface area contributed by atoms with Gasteiger partial charge < -0.3 is 10.5 Å². The molecule has 0 aliphatic heterocycles. The first-order chi connectivity index (χ1) is 7.57. The van der Waals surface area contributed by atoms with Crippen LogP contribution in [0.4, 0.5) is 0 Å². The Morgan fingerprint density at radius 1 is 1.25 bits per heavy atom. The van der Waals surface area contributed by atoms with E-state index >= 15 is 0 Å². The summed E-state index contributed by atoms with van der Waals surface area (Å²) in [7, 11) is 1.61. The van der Waals surface area contributed by atoms with Gasteiger partial charge in [-0.05, 0) is 25.0 Å². The zero-order valence-corrected chi connectivity index (χ0v) is 10.7. The normalized spacial score (nSPS) is 18.8. The quantitative estimate of drug-likeness (QED) is 0.879. The van der Waals surface area contributed by atoms with E-state index in [1.165, 1.54) is 0 Å². The fraction of sp³-hybridized carbons (Fsp3) is 0.500. The Morgan fingerprint density at radius 3 is 2.44 bits per heavy atom. The van der Waals surface area contributed by atoms with Crippen LogP contribution in [0.5, 0.6) is 5.75 Å². The van der Waals surface area contributed by atoms with Crippen molar-refractivity contribution in [1.82, 2.24) is 0 Å². The van der Waals surface area contributed by atoms with Crippen LogP contribution < -0.4 is 10.5 Å². The van der Waals surface area contributed by atoms with Gasteiger partial charge in [-0.15, -0.1) is 0 Å². The summed E-state index contributed by atoms with van der Waals surface area (Å²) in [5.41, 5.74) is 7.00. The predicted octanol–water partition coefficient (Wildman–Crippen LogP) is 3.73. The maximum absolute atomic E-state index is 6.40. The van der Waals surface area contributed by atoms with Crippen LogP contribution in [0, 0.1) is 0 Å². The Balaban J connectivity index is 2.53. The van der Waals surface area contributed by atoms with Gasteiger partial charge in [0, 0.05) is 16.1 Å². The Morgan fingerprint density at radius 2 is 1.88 bits per heavy atom. The molecule has 0 atom stereocenters. The molecular formula is C12H15Cl2NO. The summed E-state index contributed by atoms with van der Waals surface area (Å²) in [4.78, 5) is 0. The van der Waals surface area contributed by atoms with Gasteiger partial charge in [0.25, 0.3) is 0 Å². The third-order valence-corrected chi connectivity index (χ3v) is 3.74. The van der Waals surface area contributed by atoms with Crippen LogP contribution >= 0.6 is 23.2 Å². The zero-order valence-electron chi connectivity index (χ0n) is 9.22. The molecule has 2 nitrogen and oxygen atoms in total. The van der Waals surface area contributed by atoms with Crippen LogP contribution in [0.25, 0.3) is 0 Å². The van der Waals surface area contributed by atoms with E-state index in [2.05, 4.69) is 0 Å². The first-order valence-corrected chi connectivity index (χ1v) is 6.15. The number of ether oxygens (including phenoxy) is 1. The first kappa shape index (κ1) is 12.0. The molecule has 1 aliphatic rings. The number of hydrogen-bond donors (Lipinski definition) is 1. The van der Waals surface area contributed by atoms with Crippen molar-refractivity contribution in [1.29, 1.82) is 0 Å². The second-order valence-corrected chi connectivity index (χ2v) is 5.18. The van der Waals surface area contributed by atoms with Gasteiger partial charge in [-0.2, -0.15) is 0 Å². The van der Waals surface area contributed by atoms with Crippen molar-refractivity contribution in [2.24, 2.45) is 5.73 Å². The standard InChI is InChI=1S/C12H15Cl2NO/c1-16-11-9(6-8(13)7-10(11)14)12(15)4-2-3-5-12/h6-7H,2-5,15H2,1H3. The first-order valence-electron chi connectivity index (χ1n) is 5.39. The number of benzene rings is 1. The topological polar surface area (TPSA) is 35.2 Å². The molecule has 0 amide bonds. The van der Waals surface area contributed by atoms with Crippen molar-refractivity contribution >= 4 is 23.2 Å². The number of hydrogen-bond acceptors (Lipinski definition) is 2. The third-order valence-electron chi connectivity index (χ3n) is 3.24. The Bertz CT molecular complexity index is 400. The molecule has 0 spiro atoms. The highest BCUT2D eigenvalue weighted by molar-refractivity contribution is 6.35. The van der Waals surface area contributed by atoms with Gasteiger partial charge in [0.05, 0.1) is 12.1 Å². The average Bonchev–Trinajstić information content (AvgIpc) is 2.65. The van der Waals surface area contributed by atoms with E-state index in [0.717, 1.165) is 31.2 Å². The molecule has 1 fully saturated rings. The summed E-state index contributed by atoms with van der Waals surface area (Å²) >= 11 is 12.1. The SMILES string of the molecule is COc1c(Cl)cc(Cl)cc1C1(N)CCCC1. The van der Waals surface area contributed by atoms with E-state index < -0.39 is 0 Å². The average molecular weight is 260 g/mol. The predicted molar refractivity (Wildman–Crippen MR) is 67.3 cm³/mol. The van der Waals surface area contributed by atoms with E-state index in [0.29, 0.717) is 15.8 Å². The number of methoxy groups -OCH3 is 1. The lowest BCUT2D eigenvalue weighted by Gasteiger charge is -2.27. The summed E-state index contributed by atoms with van der Waals surface area (Å²) in [6.07, 6.45) is 4.20. The van der Waals surface area contributed by atoms with E-state index in [1.807, 2.05) is 6.07 Å². The highest BCUT2D eigenvalue weighted by Gasteiger charge is 2.34. The highest BCUT2D eigenvalue weighted by Crippen LogP contribution is 2.44. The molecule has 0 aromatic heterocycles. The van der Waals surface area contributed by atoms with Crippen LogP contribution in [0.15, 0.2) is 12.1 Å². The second kappa shape index (κ2) is 4.44. The van der Waals surface area contributed by atoms with Gasteiger partial charge in [0.15, 0.2) is 0 Å². The van der Waals surface area contributed by atoms with Crippen molar-refractivity contribution in [2.45, 2.75) is 31.2 Å². The molecule has 0 radical (unpaired) electrons. The number of halogens is 2. The minimum Gasteiger partial charge on any atom is -0.495 e. The van der Waals surface area contributed by atoms with Gasteiger partial charge in [-0.25, -0.2) is 0 Å². The Labute approximate surface area is 106 Å². The van der Waals surface area contributed by atoms with Crippen LogP contribution in [0.3, 0.4) is 0 Å². The lowest BCUT2D eigenvalue weighted by Crippen LogP contribution is -2.33. The minimum atomic E-state index is -0.333. The van der Waals surface area contributed by atoms with Crippen LogP contribution in [0.2, 0.25) is 10.0 Å². The van der Waals surface area contributed by atoms with Crippen molar-refractivity contribution in [2.75, 3.05) is 7.11 Å². The van der Waals surface area contributed by atoms with Gasteiger partial charge in [0.2, 0.25) is 0 Å². The fourth-order valence-corrected chi connectivity index (χ4v) is 2.98. The van der Waals surface area contributed by atoms with Gasteiger partial charge in [-0.1, -0.05) is 36.0 Å². The van der Waals surface area contributed by atoms with Crippen LogP contribution in [-0.2, 0) is 5.54 Å². The summed E-state index contributed by atoms with van der Waals surface area (Å²) < 4.78 is 5.34. The monoisotopic (exact) mass is 259 g/mol. The van der Waals surface area contributed by atoms with Gasteiger partial charge in [-0.3, -0.25) is 0 Å². The maximum Gasteiger partial charge on any atom is 0.142 e. The molecule has 1 saturated carbocycles. The Kier molecular flexibility index (Phi) is 3.34. The summed E-state index contributed by atoms with van der Waals surface area (Å²) in [5, 5.41) is 1.14. The van der Waals surface area contributed by atoms with E-state index in [-0.39, 0.29) is 5.54 Å². The second-order valence-electron chi connectivity index (χ2n) is 4.33. The van der Waals surface area contributed by atoms with Gasteiger partial charge >= 0.3 is 0 Å². The van der Waals surface area contributed by atoms with Gasteiger partial charge in [0.1, 0.15) is 5.75 Å². The molecule has 1 aliphatic carbocycles. The molecule has 2 rings (SSSR count). The molecule has 1 aromatic carbocycles. The zero-order chi connectivity index (χ0) is 11.8. The summed E-state index contributed by atoms with van der Waals surface area (Å²) in [6.45, 7) is 0. The largest absolute Gasteiger partial charge is 0.495 e. The third kappa shape index (κ3) is 2.02. The molecule has 0 heterocycles. The minimum absolute atomic E-state index is 0.333. The molecule has 16 heavy (non-hydrogen) atoms. The molecule has 4 heteroatoms. The van der Waals surface area contributed by atoms with E-state index in [1.54, 1.807) is 13.2 Å². The molecule has 0 saturated heterocycles. The van der Waals surface area contributed by atoms with E-state index in [9.17, 15) is 0 Å². The molecule has 1 aromatic rings. The Hall–Kier alpha value is -0.440. The summed E-state index contributed by atoms with van der Waals surface area (Å²) in [6, 6.07) is 3.56. The number of rotatable bonds is 2. The van der Waals surface area contributed by atoms with Crippen molar-refractivity contribution in [3.05, 3.63) is 27.7 Å². The number of nitrogens with two attached hydrogens (primary N) is 1. The summed E-state index contributed by atoms with van der Waals surface area (Å²) in [5.74, 6) is 0.662. The fourth-order valence-electron chi connectivity index (χ4n) is 2.41. The lowest BCUT2D eigenvalue weighted by molar-refractivity contribution is 0.379. The van der Waals surface area contributed by atoms with Crippen molar-refractivity contribution < 1.29 is 4.74 Å². The maximum atomic E-state index is 6.40. The molecule has 2 N–H and O–H groups in total. The van der Waals surface area contributed by atoms with Crippen LogP contribution in [0.1, 0.15) is 31.2 Å².